The van der Waals surface area contributed by atoms with E-state index in [1.54, 1.807) is 30.5 Å². The van der Waals surface area contributed by atoms with E-state index in [0.717, 1.165) is 0 Å². The third kappa shape index (κ3) is 4.30. The molecule has 0 aliphatic carbocycles. The van der Waals surface area contributed by atoms with Gasteiger partial charge in [0.25, 0.3) is 0 Å². The average Bonchev–Trinajstić information content (AvgIpc) is 2.47. The number of pyridine rings is 1. The number of para-hydroxylation sites is 1. The van der Waals surface area contributed by atoms with Gasteiger partial charge in [0.2, 0.25) is 5.88 Å². The van der Waals surface area contributed by atoms with Gasteiger partial charge < -0.3 is 14.8 Å². The zero-order valence-electron chi connectivity index (χ0n) is 11.6. The molecule has 1 N–H and O–H groups in total. The number of nitrogens with one attached hydrogen (secondary N) is 1. The molecule has 2 aromatic rings. The van der Waals surface area contributed by atoms with E-state index in [9.17, 15) is 8.78 Å². The number of hydrogen-bond donors (Lipinski definition) is 1. The smallest absolute Gasteiger partial charge is 0.387 e. The van der Waals surface area contributed by atoms with Gasteiger partial charge in [-0.25, -0.2) is 4.98 Å². The summed E-state index contributed by atoms with van der Waals surface area (Å²) < 4.78 is 34.6. The van der Waals surface area contributed by atoms with Crippen molar-refractivity contribution in [3.05, 3.63) is 48.2 Å². The largest absolute Gasteiger partial charge is 0.476 e. The molecule has 0 spiro atoms. The fourth-order valence-electron chi connectivity index (χ4n) is 1.83. The van der Waals surface area contributed by atoms with Gasteiger partial charge in [-0.1, -0.05) is 18.2 Å². The number of nitrogens with zero attached hydrogens (tertiary/aromatic N) is 1. The van der Waals surface area contributed by atoms with Gasteiger partial charge in [0, 0.05) is 18.3 Å². The van der Waals surface area contributed by atoms with E-state index in [1.165, 1.54) is 6.07 Å². The lowest BCUT2D eigenvalue weighted by molar-refractivity contribution is -0.0504. The highest BCUT2D eigenvalue weighted by Gasteiger charge is 2.10. The van der Waals surface area contributed by atoms with Crippen LogP contribution in [0, 0.1) is 0 Å². The molecule has 0 aliphatic rings. The van der Waals surface area contributed by atoms with E-state index in [2.05, 4.69) is 15.0 Å². The molecule has 0 atom stereocenters. The number of rotatable bonds is 7. The Bertz CT molecular complexity index is 579. The monoisotopic (exact) mass is 294 g/mol. The summed E-state index contributed by atoms with van der Waals surface area (Å²) in [5.41, 5.74) is 1.33. The fourth-order valence-corrected chi connectivity index (χ4v) is 1.83. The maximum atomic E-state index is 12.4. The van der Waals surface area contributed by atoms with Crippen molar-refractivity contribution in [2.75, 3.05) is 11.9 Å². The summed E-state index contributed by atoms with van der Waals surface area (Å²) >= 11 is 0. The van der Waals surface area contributed by atoms with Gasteiger partial charge in [0.15, 0.2) is 0 Å². The molecule has 0 saturated heterocycles. The molecule has 112 valence electrons. The highest BCUT2D eigenvalue weighted by atomic mass is 19.3. The Labute approximate surface area is 121 Å². The molecular formula is C15H16F2N2O2. The molecule has 0 amide bonds. The van der Waals surface area contributed by atoms with Gasteiger partial charge in [-0.05, 0) is 25.1 Å². The molecule has 0 unspecified atom stereocenters. The highest BCUT2D eigenvalue weighted by Crippen LogP contribution is 2.24. The molecule has 1 aromatic heterocycles. The van der Waals surface area contributed by atoms with Crippen molar-refractivity contribution >= 4 is 5.69 Å². The summed E-state index contributed by atoms with van der Waals surface area (Å²) in [5.74, 6) is 0.633. The lowest BCUT2D eigenvalue weighted by atomic mass is 10.2. The Morgan fingerprint density at radius 2 is 2.00 bits per heavy atom. The highest BCUT2D eigenvalue weighted by molar-refractivity contribution is 5.53. The van der Waals surface area contributed by atoms with Crippen molar-refractivity contribution in [3.63, 3.8) is 0 Å². The zero-order chi connectivity index (χ0) is 15.1. The number of anilines is 1. The lowest BCUT2D eigenvalue weighted by Gasteiger charge is -2.13. The van der Waals surface area contributed by atoms with E-state index in [0.29, 0.717) is 30.3 Å². The van der Waals surface area contributed by atoms with Crippen LogP contribution in [0.25, 0.3) is 0 Å². The van der Waals surface area contributed by atoms with Crippen LogP contribution in [-0.4, -0.2) is 18.2 Å². The lowest BCUT2D eigenvalue weighted by Crippen LogP contribution is -2.08. The second-order valence-electron chi connectivity index (χ2n) is 4.13. The van der Waals surface area contributed by atoms with E-state index < -0.39 is 6.61 Å². The van der Waals surface area contributed by atoms with E-state index in [-0.39, 0.29) is 5.75 Å². The van der Waals surface area contributed by atoms with E-state index >= 15 is 0 Å². The van der Waals surface area contributed by atoms with Crippen LogP contribution in [0.1, 0.15) is 12.5 Å². The van der Waals surface area contributed by atoms with Crippen LogP contribution in [0.5, 0.6) is 11.6 Å². The number of ether oxygens (including phenoxy) is 2. The standard InChI is InChI=1S/C15H16F2N2O2/c1-2-20-14-12(7-5-9-18-14)19-10-11-6-3-4-8-13(11)21-15(16)17/h3-9,15,19H,2,10H2,1H3. The minimum atomic E-state index is -2.84. The van der Waals surface area contributed by atoms with Crippen molar-refractivity contribution in [2.24, 2.45) is 0 Å². The molecule has 1 heterocycles. The Hall–Kier alpha value is -2.37. The molecule has 0 fully saturated rings. The van der Waals surface area contributed by atoms with E-state index in [4.69, 9.17) is 4.74 Å². The van der Waals surface area contributed by atoms with Gasteiger partial charge >= 0.3 is 6.61 Å². The normalized spacial score (nSPS) is 10.5. The number of halogens is 2. The summed E-state index contributed by atoms with van der Waals surface area (Å²) in [6.07, 6.45) is 1.63. The van der Waals surface area contributed by atoms with Crippen LogP contribution in [0.4, 0.5) is 14.5 Å². The molecule has 0 saturated carbocycles. The van der Waals surface area contributed by atoms with Gasteiger partial charge in [-0.3, -0.25) is 0 Å². The predicted molar refractivity (Wildman–Crippen MR) is 75.8 cm³/mol. The molecular weight excluding hydrogens is 278 g/mol. The van der Waals surface area contributed by atoms with Crippen LogP contribution < -0.4 is 14.8 Å². The third-order valence-electron chi connectivity index (χ3n) is 2.71. The number of alkyl halides is 2. The van der Waals surface area contributed by atoms with Crippen LogP contribution in [0.2, 0.25) is 0 Å². The van der Waals surface area contributed by atoms with Gasteiger partial charge in [0.05, 0.1) is 12.3 Å². The van der Waals surface area contributed by atoms with Crippen LogP contribution in [0.15, 0.2) is 42.6 Å². The molecule has 2 rings (SSSR count). The molecule has 1 aromatic carbocycles. The molecule has 0 bridgehead atoms. The van der Waals surface area contributed by atoms with Crippen LogP contribution >= 0.6 is 0 Å². The summed E-state index contributed by atoms with van der Waals surface area (Å²) in [5, 5.41) is 3.12. The Morgan fingerprint density at radius 1 is 1.19 bits per heavy atom. The first-order chi connectivity index (χ1) is 10.2. The second kappa shape index (κ2) is 7.42. The average molecular weight is 294 g/mol. The fraction of sp³-hybridized carbons (Fsp3) is 0.267. The van der Waals surface area contributed by atoms with Crippen molar-refractivity contribution in [1.82, 2.24) is 4.98 Å². The summed E-state index contributed by atoms with van der Waals surface area (Å²) in [6, 6.07) is 10.2. The topological polar surface area (TPSA) is 43.4 Å². The first-order valence-corrected chi connectivity index (χ1v) is 6.55. The summed E-state index contributed by atoms with van der Waals surface area (Å²) in [7, 11) is 0. The maximum absolute atomic E-state index is 12.4. The second-order valence-corrected chi connectivity index (χ2v) is 4.13. The molecule has 0 radical (unpaired) electrons. The van der Waals surface area contributed by atoms with Crippen molar-refractivity contribution in [2.45, 2.75) is 20.1 Å². The first-order valence-electron chi connectivity index (χ1n) is 6.55. The number of benzene rings is 1. The number of hydrogen-bond acceptors (Lipinski definition) is 4. The predicted octanol–water partition coefficient (Wildman–Crippen LogP) is 3.69. The van der Waals surface area contributed by atoms with Crippen LogP contribution in [-0.2, 0) is 6.54 Å². The Balaban J connectivity index is 2.10. The molecule has 6 heteroatoms. The summed E-state index contributed by atoms with van der Waals surface area (Å²) in [6.45, 7) is -0.154. The number of aromatic nitrogens is 1. The first kappa shape index (κ1) is 15.0. The molecule has 21 heavy (non-hydrogen) atoms. The Kier molecular flexibility index (Phi) is 5.31. The minimum absolute atomic E-state index is 0.154. The molecule has 0 aliphatic heterocycles. The zero-order valence-corrected chi connectivity index (χ0v) is 11.6. The van der Waals surface area contributed by atoms with Gasteiger partial charge in [-0.15, -0.1) is 0 Å². The minimum Gasteiger partial charge on any atom is -0.476 e. The van der Waals surface area contributed by atoms with Crippen molar-refractivity contribution in [1.29, 1.82) is 0 Å². The third-order valence-corrected chi connectivity index (χ3v) is 2.71. The van der Waals surface area contributed by atoms with Crippen molar-refractivity contribution in [3.8, 4) is 11.6 Å². The maximum Gasteiger partial charge on any atom is 0.387 e. The Morgan fingerprint density at radius 3 is 2.76 bits per heavy atom. The van der Waals surface area contributed by atoms with Crippen molar-refractivity contribution < 1.29 is 18.3 Å². The van der Waals surface area contributed by atoms with E-state index in [1.807, 2.05) is 13.0 Å². The summed E-state index contributed by atoms with van der Waals surface area (Å²) in [4.78, 5) is 4.12. The quantitative estimate of drug-likeness (QED) is 0.845. The van der Waals surface area contributed by atoms with Crippen LogP contribution in [0.3, 0.4) is 0 Å². The van der Waals surface area contributed by atoms with Gasteiger partial charge in [-0.2, -0.15) is 8.78 Å². The molecule has 4 nitrogen and oxygen atoms in total. The SMILES string of the molecule is CCOc1ncccc1NCc1ccccc1OC(F)F. The van der Waals surface area contributed by atoms with Gasteiger partial charge in [0.1, 0.15) is 5.75 Å².